The minimum absolute atomic E-state index is 0. The molecule has 2 aromatic rings. The van der Waals surface area contributed by atoms with Crippen molar-refractivity contribution in [2.45, 2.75) is 13.3 Å². The van der Waals surface area contributed by atoms with Crippen molar-refractivity contribution >= 4 is 11.9 Å². The Morgan fingerprint density at radius 3 is 2.62 bits per heavy atom. The van der Waals surface area contributed by atoms with Gasteiger partial charge in [0, 0.05) is 23.6 Å². The molecule has 21 heavy (non-hydrogen) atoms. The summed E-state index contributed by atoms with van der Waals surface area (Å²) in [4.78, 5) is 0. The Kier molecular flexibility index (Phi) is 3.72. The van der Waals surface area contributed by atoms with E-state index in [2.05, 4.69) is 54.1 Å². The Hall–Kier alpha value is -1.81. The molecular formula is C17H16BrNO2. The van der Waals surface area contributed by atoms with Gasteiger partial charge in [-0.1, -0.05) is 18.2 Å². The summed E-state index contributed by atoms with van der Waals surface area (Å²) >= 11 is 0. The normalized spacial score (nSPS) is 15.0. The van der Waals surface area contributed by atoms with E-state index in [4.69, 9.17) is 9.47 Å². The van der Waals surface area contributed by atoms with Crippen molar-refractivity contribution in [3.63, 3.8) is 0 Å². The van der Waals surface area contributed by atoms with Gasteiger partial charge in [-0.15, -0.1) is 0 Å². The highest BCUT2D eigenvalue weighted by Crippen LogP contribution is 2.35. The molecule has 2 aromatic carbocycles. The molecule has 0 radical (unpaired) electrons. The van der Waals surface area contributed by atoms with Crippen molar-refractivity contribution in [1.82, 2.24) is 0 Å². The van der Waals surface area contributed by atoms with E-state index in [0.717, 1.165) is 24.5 Å². The molecule has 2 aliphatic rings. The number of ether oxygens (including phenoxy) is 2. The van der Waals surface area contributed by atoms with Gasteiger partial charge < -0.3 is 26.5 Å². The van der Waals surface area contributed by atoms with Crippen LogP contribution in [0.4, 0.5) is 5.69 Å². The first-order valence-corrected chi connectivity index (χ1v) is 6.91. The quantitative estimate of drug-likeness (QED) is 0.681. The molecule has 0 bridgehead atoms. The second-order valence-electron chi connectivity index (χ2n) is 5.26. The molecule has 0 N–H and O–H groups in total. The lowest BCUT2D eigenvalue weighted by molar-refractivity contribution is -0.436. The lowest BCUT2D eigenvalue weighted by Gasteiger charge is -2.13. The summed E-state index contributed by atoms with van der Waals surface area (Å²) in [7, 11) is 0. The molecule has 2 aliphatic heterocycles. The molecule has 0 unspecified atom stereocenters. The van der Waals surface area contributed by atoms with Crippen molar-refractivity contribution in [2.75, 3.05) is 13.3 Å². The predicted octanol–water partition coefficient (Wildman–Crippen LogP) is 0.0469. The zero-order valence-electron chi connectivity index (χ0n) is 11.8. The number of hydrogen-bond donors (Lipinski definition) is 0. The van der Waals surface area contributed by atoms with Gasteiger partial charge in [-0.3, -0.25) is 0 Å². The Morgan fingerprint density at radius 1 is 1.05 bits per heavy atom. The molecule has 0 fully saturated rings. The zero-order valence-corrected chi connectivity index (χ0v) is 13.4. The monoisotopic (exact) mass is 345 g/mol. The second-order valence-corrected chi connectivity index (χ2v) is 5.26. The standard InChI is InChI=1S/C17H16NO2.BrH/c1-12-4-2-3-5-15(12)18-7-6-13-8-16-17(20-11-19-16)9-14(13)10-18;/h2-5,8-10H,6-7,11H2,1H3;1H/q+1;/p-1. The summed E-state index contributed by atoms with van der Waals surface area (Å²) in [5.41, 5.74) is 5.13. The van der Waals surface area contributed by atoms with Gasteiger partial charge in [0.15, 0.2) is 24.3 Å². The number of fused-ring (bicyclic) bond motifs is 2. The summed E-state index contributed by atoms with van der Waals surface area (Å²) in [6, 6.07) is 12.7. The molecule has 0 saturated carbocycles. The maximum absolute atomic E-state index is 5.47. The molecule has 4 rings (SSSR count). The largest absolute Gasteiger partial charge is 1.00 e. The van der Waals surface area contributed by atoms with Crippen molar-refractivity contribution < 1.29 is 31.0 Å². The topological polar surface area (TPSA) is 21.5 Å². The highest BCUT2D eigenvalue weighted by Gasteiger charge is 2.23. The zero-order chi connectivity index (χ0) is 13.5. The minimum Gasteiger partial charge on any atom is -1.00 e. The molecule has 3 nitrogen and oxygen atoms in total. The van der Waals surface area contributed by atoms with E-state index in [9.17, 15) is 0 Å². The summed E-state index contributed by atoms with van der Waals surface area (Å²) in [5.74, 6) is 1.73. The van der Waals surface area contributed by atoms with E-state index in [-0.39, 0.29) is 17.0 Å². The molecular weight excluding hydrogens is 330 g/mol. The lowest BCUT2D eigenvalue weighted by Crippen LogP contribution is -3.00. The van der Waals surface area contributed by atoms with Gasteiger partial charge in [0.25, 0.3) is 0 Å². The summed E-state index contributed by atoms with van der Waals surface area (Å²) in [6.45, 7) is 3.48. The van der Waals surface area contributed by atoms with Crippen LogP contribution in [-0.4, -0.2) is 24.1 Å². The van der Waals surface area contributed by atoms with E-state index in [1.165, 1.54) is 22.4 Å². The van der Waals surface area contributed by atoms with E-state index in [1.807, 2.05) is 0 Å². The average molecular weight is 346 g/mol. The Bertz CT molecular complexity index is 725. The molecule has 0 saturated heterocycles. The van der Waals surface area contributed by atoms with Crippen LogP contribution in [0.1, 0.15) is 16.7 Å². The van der Waals surface area contributed by atoms with Gasteiger partial charge in [0.05, 0.1) is 0 Å². The minimum atomic E-state index is 0. The number of aryl methyl sites for hydroxylation is 1. The van der Waals surface area contributed by atoms with Crippen molar-refractivity contribution in [3.8, 4) is 11.5 Å². The molecule has 0 amide bonds. The first kappa shape index (κ1) is 14.1. The van der Waals surface area contributed by atoms with E-state index in [0.29, 0.717) is 6.79 Å². The van der Waals surface area contributed by atoms with Gasteiger partial charge in [-0.05, 0) is 24.6 Å². The van der Waals surface area contributed by atoms with Crippen LogP contribution in [0, 0.1) is 6.92 Å². The molecule has 0 atom stereocenters. The lowest BCUT2D eigenvalue weighted by atomic mass is 10.0. The third-order valence-electron chi connectivity index (χ3n) is 3.98. The van der Waals surface area contributed by atoms with Crippen LogP contribution in [-0.2, 0) is 6.42 Å². The SMILES string of the molecule is Cc1ccccc1[N+]1=Cc2cc3c(cc2CC1)OCO3.[Br-]. The second kappa shape index (κ2) is 5.53. The number of nitrogens with zero attached hydrogens (tertiary/aromatic N) is 1. The Morgan fingerprint density at radius 2 is 1.81 bits per heavy atom. The van der Waals surface area contributed by atoms with Gasteiger partial charge >= 0.3 is 0 Å². The van der Waals surface area contributed by atoms with E-state index < -0.39 is 0 Å². The number of benzene rings is 2. The summed E-state index contributed by atoms with van der Waals surface area (Å²) in [6.07, 6.45) is 3.24. The molecule has 0 aromatic heterocycles. The third kappa shape index (κ3) is 2.44. The molecule has 0 aliphatic carbocycles. The smallest absolute Gasteiger partial charge is 0.231 e. The van der Waals surface area contributed by atoms with E-state index in [1.54, 1.807) is 0 Å². The molecule has 0 spiro atoms. The maximum atomic E-state index is 5.47. The molecule has 108 valence electrons. The number of halogens is 1. The van der Waals surface area contributed by atoms with Gasteiger partial charge in [0.1, 0.15) is 0 Å². The van der Waals surface area contributed by atoms with Crippen molar-refractivity contribution in [3.05, 3.63) is 53.1 Å². The van der Waals surface area contributed by atoms with Crippen LogP contribution in [0.5, 0.6) is 11.5 Å². The highest BCUT2D eigenvalue weighted by atomic mass is 79.9. The fourth-order valence-electron chi connectivity index (χ4n) is 2.89. The Labute approximate surface area is 134 Å². The van der Waals surface area contributed by atoms with Gasteiger partial charge in [0.2, 0.25) is 12.5 Å². The van der Waals surface area contributed by atoms with Crippen LogP contribution in [0.3, 0.4) is 0 Å². The first-order valence-electron chi connectivity index (χ1n) is 6.91. The first-order chi connectivity index (χ1) is 9.81. The average Bonchev–Trinajstić information content (AvgIpc) is 2.92. The summed E-state index contributed by atoms with van der Waals surface area (Å²) in [5, 5.41) is 0. The number of hydrogen-bond acceptors (Lipinski definition) is 2. The van der Waals surface area contributed by atoms with Crippen LogP contribution in [0.25, 0.3) is 0 Å². The van der Waals surface area contributed by atoms with Crippen molar-refractivity contribution in [2.24, 2.45) is 0 Å². The van der Waals surface area contributed by atoms with Crippen molar-refractivity contribution in [1.29, 1.82) is 0 Å². The van der Waals surface area contributed by atoms with Crippen LogP contribution in [0.2, 0.25) is 0 Å². The van der Waals surface area contributed by atoms with Crippen LogP contribution < -0.4 is 26.5 Å². The summed E-state index contributed by atoms with van der Waals surface area (Å²) < 4.78 is 13.2. The maximum Gasteiger partial charge on any atom is 0.231 e. The van der Waals surface area contributed by atoms with Crippen LogP contribution >= 0.6 is 0 Å². The van der Waals surface area contributed by atoms with Gasteiger partial charge in [-0.25, -0.2) is 0 Å². The fraction of sp³-hybridized carbons (Fsp3) is 0.235. The van der Waals surface area contributed by atoms with E-state index >= 15 is 0 Å². The Balaban J connectivity index is 0.00000132. The predicted molar refractivity (Wildman–Crippen MR) is 77.4 cm³/mol. The number of para-hydroxylation sites is 1. The highest BCUT2D eigenvalue weighted by molar-refractivity contribution is 5.81. The van der Waals surface area contributed by atoms with Crippen LogP contribution in [0.15, 0.2) is 36.4 Å². The molecule has 2 heterocycles. The fourth-order valence-corrected chi connectivity index (χ4v) is 2.89. The molecule has 4 heteroatoms. The third-order valence-corrected chi connectivity index (χ3v) is 3.98. The van der Waals surface area contributed by atoms with Gasteiger partial charge in [-0.2, -0.15) is 4.58 Å². The number of rotatable bonds is 1.